The van der Waals surface area contributed by atoms with E-state index in [4.69, 9.17) is 0 Å². The van der Waals surface area contributed by atoms with Gasteiger partial charge in [-0.15, -0.1) is 0 Å². The molecule has 0 bridgehead atoms. The third kappa shape index (κ3) is 3.04. The van der Waals surface area contributed by atoms with Gasteiger partial charge in [-0.2, -0.15) is 0 Å². The second kappa shape index (κ2) is 4.96. The van der Waals surface area contributed by atoms with Gasteiger partial charge in [-0.3, -0.25) is 4.79 Å². The second-order valence-corrected chi connectivity index (χ2v) is 4.30. The van der Waals surface area contributed by atoms with Crippen molar-refractivity contribution in [2.45, 2.75) is 13.5 Å². The van der Waals surface area contributed by atoms with Gasteiger partial charge in [0.25, 0.3) is 0 Å². The molecule has 0 saturated heterocycles. The lowest BCUT2D eigenvalue weighted by molar-refractivity contribution is 1.00. The quantitative estimate of drug-likeness (QED) is 0.760. The molecule has 3 N–H and O–H groups in total. The third-order valence-electron chi connectivity index (χ3n) is 2.12. The SMILES string of the molecule is CNc1cc(NCc2csc(=O)[nH]2)nc(C)n1. The van der Waals surface area contributed by atoms with Crippen molar-refractivity contribution in [2.24, 2.45) is 0 Å². The van der Waals surface area contributed by atoms with Gasteiger partial charge < -0.3 is 15.6 Å². The lowest BCUT2D eigenvalue weighted by Gasteiger charge is -2.07. The lowest BCUT2D eigenvalue weighted by Crippen LogP contribution is -2.06. The number of aryl methyl sites for hydroxylation is 1. The van der Waals surface area contributed by atoms with Crippen molar-refractivity contribution in [1.82, 2.24) is 15.0 Å². The van der Waals surface area contributed by atoms with E-state index in [1.165, 1.54) is 0 Å². The number of nitrogens with zero attached hydrogens (tertiary/aromatic N) is 2. The van der Waals surface area contributed by atoms with Gasteiger partial charge in [-0.25, -0.2) is 9.97 Å². The highest BCUT2D eigenvalue weighted by atomic mass is 32.1. The first kappa shape index (κ1) is 11.6. The summed E-state index contributed by atoms with van der Waals surface area (Å²) in [5, 5.41) is 7.89. The fourth-order valence-electron chi connectivity index (χ4n) is 1.37. The van der Waals surface area contributed by atoms with Gasteiger partial charge in [-0.1, -0.05) is 11.3 Å². The van der Waals surface area contributed by atoms with E-state index in [9.17, 15) is 4.79 Å². The Kier molecular flexibility index (Phi) is 3.38. The van der Waals surface area contributed by atoms with E-state index in [-0.39, 0.29) is 4.87 Å². The van der Waals surface area contributed by atoms with Gasteiger partial charge in [0.05, 0.1) is 6.54 Å². The Morgan fingerprint density at radius 2 is 2.18 bits per heavy atom. The van der Waals surface area contributed by atoms with Gasteiger partial charge in [0, 0.05) is 24.2 Å². The van der Waals surface area contributed by atoms with E-state index >= 15 is 0 Å². The maximum Gasteiger partial charge on any atom is 0.304 e. The molecule has 90 valence electrons. The molecule has 0 saturated carbocycles. The van der Waals surface area contributed by atoms with Crippen molar-refractivity contribution in [3.05, 3.63) is 32.6 Å². The molecule has 2 aromatic heterocycles. The smallest absolute Gasteiger partial charge is 0.304 e. The van der Waals surface area contributed by atoms with Crippen molar-refractivity contribution < 1.29 is 0 Å². The summed E-state index contributed by atoms with van der Waals surface area (Å²) >= 11 is 1.15. The molecule has 0 unspecified atom stereocenters. The highest BCUT2D eigenvalue weighted by Gasteiger charge is 2.01. The molecule has 0 aliphatic heterocycles. The standard InChI is InChI=1S/C10H13N5OS/c1-6-13-8(11-2)3-9(14-6)12-4-7-5-17-10(16)15-7/h3,5H,4H2,1-2H3,(H,15,16)(H2,11,12,13,14). The largest absolute Gasteiger partial charge is 0.373 e. The minimum absolute atomic E-state index is 0.0448. The maximum atomic E-state index is 11.0. The van der Waals surface area contributed by atoms with E-state index in [0.717, 1.165) is 28.7 Å². The normalized spacial score (nSPS) is 10.2. The van der Waals surface area contributed by atoms with Crippen molar-refractivity contribution >= 4 is 23.0 Å². The van der Waals surface area contributed by atoms with Crippen LogP contribution in [0.15, 0.2) is 16.2 Å². The van der Waals surface area contributed by atoms with Crippen LogP contribution in [0.25, 0.3) is 0 Å². The highest BCUT2D eigenvalue weighted by molar-refractivity contribution is 7.07. The van der Waals surface area contributed by atoms with Gasteiger partial charge in [0.1, 0.15) is 17.5 Å². The van der Waals surface area contributed by atoms with E-state index in [1.54, 1.807) is 5.38 Å². The summed E-state index contributed by atoms with van der Waals surface area (Å²) in [7, 11) is 1.81. The first-order valence-electron chi connectivity index (χ1n) is 5.11. The molecule has 0 amide bonds. The second-order valence-electron chi connectivity index (χ2n) is 3.46. The van der Waals surface area contributed by atoms with Crippen LogP contribution in [0.1, 0.15) is 11.5 Å². The van der Waals surface area contributed by atoms with Gasteiger partial charge >= 0.3 is 4.87 Å². The Labute approximate surface area is 102 Å². The number of aromatic amines is 1. The van der Waals surface area contributed by atoms with Crippen LogP contribution in [0.4, 0.5) is 11.6 Å². The number of nitrogens with one attached hydrogen (secondary N) is 3. The van der Waals surface area contributed by atoms with Crippen LogP contribution in [-0.2, 0) is 6.54 Å². The monoisotopic (exact) mass is 251 g/mol. The van der Waals surface area contributed by atoms with Crippen LogP contribution in [0.2, 0.25) is 0 Å². The molecule has 0 radical (unpaired) electrons. The average Bonchev–Trinajstić information content (AvgIpc) is 2.72. The Balaban J connectivity index is 2.08. The van der Waals surface area contributed by atoms with Crippen LogP contribution >= 0.6 is 11.3 Å². The van der Waals surface area contributed by atoms with Gasteiger partial charge in [0.15, 0.2) is 0 Å². The molecule has 2 heterocycles. The van der Waals surface area contributed by atoms with Crippen molar-refractivity contribution in [1.29, 1.82) is 0 Å². The molecule has 0 aromatic carbocycles. The Bertz CT molecular complexity index is 562. The molecule has 0 spiro atoms. The molecule has 2 rings (SSSR count). The van der Waals surface area contributed by atoms with Crippen LogP contribution in [0.3, 0.4) is 0 Å². The summed E-state index contributed by atoms with van der Waals surface area (Å²) in [6.45, 7) is 2.37. The molecule has 6 nitrogen and oxygen atoms in total. The molecule has 0 atom stereocenters. The number of rotatable bonds is 4. The van der Waals surface area contributed by atoms with Crippen molar-refractivity contribution in [3.8, 4) is 0 Å². The van der Waals surface area contributed by atoms with Crippen molar-refractivity contribution in [3.63, 3.8) is 0 Å². The van der Waals surface area contributed by atoms with Gasteiger partial charge in [0.2, 0.25) is 0 Å². The number of anilines is 2. The number of hydrogen-bond donors (Lipinski definition) is 3. The van der Waals surface area contributed by atoms with Gasteiger partial charge in [-0.05, 0) is 6.92 Å². The molecule has 0 aliphatic rings. The summed E-state index contributed by atoms with van der Waals surface area (Å²) in [5.74, 6) is 2.19. The van der Waals surface area contributed by atoms with Crippen molar-refractivity contribution in [2.75, 3.05) is 17.7 Å². The molecule has 2 aromatic rings. The first-order valence-corrected chi connectivity index (χ1v) is 5.99. The molecule has 0 aliphatic carbocycles. The van der Waals surface area contributed by atoms with E-state index in [0.29, 0.717) is 12.4 Å². The zero-order valence-electron chi connectivity index (χ0n) is 9.57. The molecular formula is C10H13N5OS. The molecule has 7 heteroatoms. The Morgan fingerprint density at radius 3 is 2.82 bits per heavy atom. The number of aromatic nitrogens is 3. The summed E-state index contributed by atoms with van der Waals surface area (Å²) in [5.41, 5.74) is 0.849. The lowest BCUT2D eigenvalue weighted by atomic mass is 10.4. The fraction of sp³-hybridized carbons (Fsp3) is 0.300. The molecule has 0 fully saturated rings. The molecular weight excluding hydrogens is 238 g/mol. The summed E-state index contributed by atoms with van der Waals surface area (Å²) in [6, 6.07) is 1.82. The summed E-state index contributed by atoms with van der Waals surface area (Å²) in [6.07, 6.45) is 0. The van der Waals surface area contributed by atoms with Crippen LogP contribution in [-0.4, -0.2) is 22.0 Å². The highest BCUT2D eigenvalue weighted by Crippen LogP contribution is 2.11. The van der Waals surface area contributed by atoms with E-state index in [2.05, 4.69) is 25.6 Å². The summed E-state index contributed by atoms with van der Waals surface area (Å²) in [4.78, 5) is 22.1. The number of hydrogen-bond acceptors (Lipinski definition) is 6. The van der Waals surface area contributed by atoms with E-state index in [1.807, 2.05) is 20.0 Å². The topological polar surface area (TPSA) is 82.7 Å². The Morgan fingerprint density at radius 1 is 1.41 bits per heavy atom. The Hall–Kier alpha value is -1.89. The maximum absolute atomic E-state index is 11.0. The summed E-state index contributed by atoms with van der Waals surface area (Å²) < 4.78 is 0. The first-order chi connectivity index (χ1) is 8.17. The predicted octanol–water partition coefficient (Wildman–Crippen LogP) is 1.19. The minimum Gasteiger partial charge on any atom is -0.373 e. The number of H-pyrrole nitrogens is 1. The number of thiazole rings is 1. The fourth-order valence-corrected chi connectivity index (χ4v) is 1.95. The minimum atomic E-state index is -0.0448. The predicted molar refractivity (Wildman–Crippen MR) is 68.6 cm³/mol. The third-order valence-corrected chi connectivity index (χ3v) is 2.84. The van der Waals surface area contributed by atoms with Crippen LogP contribution in [0.5, 0.6) is 0 Å². The zero-order valence-corrected chi connectivity index (χ0v) is 10.4. The zero-order chi connectivity index (χ0) is 12.3. The van der Waals surface area contributed by atoms with Crippen LogP contribution < -0.4 is 15.5 Å². The van der Waals surface area contributed by atoms with E-state index < -0.39 is 0 Å². The van der Waals surface area contributed by atoms with Crippen LogP contribution in [0, 0.1) is 6.92 Å². The molecule has 17 heavy (non-hydrogen) atoms. The average molecular weight is 251 g/mol.